The van der Waals surface area contributed by atoms with Crippen LogP contribution in [0.1, 0.15) is 43.0 Å². The zero-order chi connectivity index (χ0) is 21.0. The van der Waals surface area contributed by atoms with E-state index in [0.29, 0.717) is 23.4 Å². The topological polar surface area (TPSA) is 76.7 Å². The molecule has 1 heterocycles. The third-order valence-electron chi connectivity index (χ3n) is 4.93. The summed E-state index contributed by atoms with van der Waals surface area (Å²) in [5, 5.41) is 5.53. The molecule has 152 valence electrons. The molecule has 1 aliphatic heterocycles. The first-order valence-corrected chi connectivity index (χ1v) is 9.75. The molecule has 2 aromatic carbocycles. The Morgan fingerprint density at radius 3 is 2.31 bits per heavy atom. The van der Waals surface area contributed by atoms with Gasteiger partial charge in [-0.3, -0.25) is 0 Å². The van der Waals surface area contributed by atoms with Gasteiger partial charge in [-0.2, -0.15) is 0 Å². The van der Waals surface area contributed by atoms with Crippen LogP contribution in [0, 0.1) is 13.8 Å². The number of esters is 1. The van der Waals surface area contributed by atoms with Gasteiger partial charge in [0.05, 0.1) is 18.2 Å². The van der Waals surface area contributed by atoms with Gasteiger partial charge in [0, 0.05) is 5.70 Å². The van der Waals surface area contributed by atoms with Crippen molar-refractivity contribution in [2.24, 2.45) is 0 Å². The van der Waals surface area contributed by atoms with Crippen LogP contribution in [0.2, 0.25) is 0 Å². The van der Waals surface area contributed by atoms with E-state index in [-0.39, 0.29) is 12.6 Å². The van der Waals surface area contributed by atoms with Gasteiger partial charge in [0.2, 0.25) is 0 Å². The second kappa shape index (κ2) is 8.82. The van der Waals surface area contributed by atoms with E-state index in [1.165, 1.54) is 5.56 Å². The van der Waals surface area contributed by atoms with Crippen molar-refractivity contribution in [2.45, 2.75) is 40.2 Å². The highest BCUT2D eigenvalue weighted by Gasteiger charge is 2.32. The fourth-order valence-electron chi connectivity index (χ4n) is 3.24. The van der Waals surface area contributed by atoms with Crippen molar-refractivity contribution in [1.29, 1.82) is 0 Å². The van der Waals surface area contributed by atoms with Crippen LogP contribution in [0.15, 0.2) is 53.7 Å². The maximum absolute atomic E-state index is 12.5. The van der Waals surface area contributed by atoms with Gasteiger partial charge in [0.15, 0.2) is 0 Å². The highest BCUT2D eigenvalue weighted by Crippen LogP contribution is 2.31. The van der Waals surface area contributed by atoms with Crippen molar-refractivity contribution in [3.63, 3.8) is 0 Å². The van der Waals surface area contributed by atoms with Crippen molar-refractivity contribution < 1.29 is 19.1 Å². The number of aryl methyl sites for hydroxylation is 2. The second-order valence-corrected chi connectivity index (χ2v) is 6.91. The number of nitrogens with one attached hydrogen (secondary N) is 2. The van der Waals surface area contributed by atoms with E-state index in [2.05, 4.69) is 17.6 Å². The molecule has 6 nitrogen and oxygen atoms in total. The Kier molecular flexibility index (Phi) is 6.22. The zero-order valence-corrected chi connectivity index (χ0v) is 17.2. The van der Waals surface area contributed by atoms with E-state index < -0.39 is 12.0 Å². The van der Waals surface area contributed by atoms with Crippen LogP contribution in [-0.2, 0) is 9.53 Å². The Morgan fingerprint density at radius 2 is 1.69 bits per heavy atom. The van der Waals surface area contributed by atoms with E-state index in [1.807, 2.05) is 56.3 Å². The third kappa shape index (κ3) is 4.59. The molecule has 1 unspecified atom stereocenters. The SMILES string of the molecule is CCOC(=O)C1=C(CC)NC(=O)NC1c1ccc(Oc2ccc(C)c(C)c2)cc1. The monoisotopic (exact) mass is 394 g/mol. The predicted molar refractivity (Wildman–Crippen MR) is 111 cm³/mol. The van der Waals surface area contributed by atoms with Crippen molar-refractivity contribution >= 4 is 12.0 Å². The molecule has 1 atom stereocenters. The summed E-state index contributed by atoms with van der Waals surface area (Å²) in [6, 6.07) is 12.4. The van der Waals surface area contributed by atoms with Gasteiger partial charge in [0.1, 0.15) is 11.5 Å². The Morgan fingerprint density at radius 1 is 1.00 bits per heavy atom. The van der Waals surface area contributed by atoms with E-state index >= 15 is 0 Å². The highest BCUT2D eigenvalue weighted by atomic mass is 16.5. The molecular formula is C23H26N2O4. The minimum atomic E-state index is -0.576. The first-order valence-electron chi connectivity index (χ1n) is 9.75. The molecule has 0 saturated carbocycles. The van der Waals surface area contributed by atoms with Gasteiger partial charge in [-0.15, -0.1) is 0 Å². The summed E-state index contributed by atoms with van der Waals surface area (Å²) < 4.78 is 11.1. The van der Waals surface area contributed by atoms with E-state index in [1.54, 1.807) is 6.92 Å². The molecule has 2 amide bonds. The number of carbonyl (C=O) groups is 2. The quantitative estimate of drug-likeness (QED) is 0.698. The van der Waals surface area contributed by atoms with Gasteiger partial charge < -0.3 is 20.1 Å². The summed E-state index contributed by atoms with van der Waals surface area (Å²) >= 11 is 0. The van der Waals surface area contributed by atoms with E-state index in [9.17, 15) is 9.59 Å². The van der Waals surface area contributed by atoms with Crippen LogP contribution in [0.25, 0.3) is 0 Å². The van der Waals surface area contributed by atoms with E-state index in [0.717, 1.165) is 16.9 Å². The van der Waals surface area contributed by atoms with Crippen LogP contribution < -0.4 is 15.4 Å². The third-order valence-corrected chi connectivity index (χ3v) is 4.93. The molecule has 0 bridgehead atoms. The van der Waals surface area contributed by atoms with Crippen molar-refractivity contribution in [2.75, 3.05) is 6.61 Å². The lowest BCUT2D eigenvalue weighted by Gasteiger charge is -2.29. The molecule has 29 heavy (non-hydrogen) atoms. The number of carbonyl (C=O) groups excluding carboxylic acids is 2. The summed E-state index contributed by atoms with van der Waals surface area (Å²) in [5.74, 6) is 1.00. The standard InChI is InChI=1S/C23H26N2O4/c1-5-19-20(22(26)28-6-2)21(25-23(27)24-19)16-8-11-17(12-9-16)29-18-10-7-14(3)15(4)13-18/h7-13,21H,5-6H2,1-4H3,(H2,24,25,27). The summed E-state index contributed by atoms with van der Waals surface area (Å²) in [4.78, 5) is 24.6. The van der Waals surface area contributed by atoms with Crippen LogP contribution in [0.5, 0.6) is 11.5 Å². The molecular weight excluding hydrogens is 368 g/mol. The minimum Gasteiger partial charge on any atom is -0.463 e. The average molecular weight is 394 g/mol. The molecule has 0 aromatic heterocycles. The van der Waals surface area contributed by atoms with Gasteiger partial charge in [0.25, 0.3) is 0 Å². The molecule has 2 N–H and O–H groups in total. The molecule has 3 rings (SSSR count). The van der Waals surface area contributed by atoms with Crippen molar-refractivity contribution in [3.05, 3.63) is 70.4 Å². The number of hydrogen-bond acceptors (Lipinski definition) is 4. The average Bonchev–Trinajstić information content (AvgIpc) is 2.70. The largest absolute Gasteiger partial charge is 0.463 e. The lowest BCUT2D eigenvalue weighted by molar-refractivity contribution is -0.139. The van der Waals surface area contributed by atoms with Gasteiger partial charge >= 0.3 is 12.0 Å². The lowest BCUT2D eigenvalue weighted by Crippen LogP contribution is -2.45. The molecule has 1 aliphatic rings. The van der Waals surface area contributed by atoms with Crippen LogP contribution in [-0.4, -0.2) is 18.6 Å². The molecule has 0 saturated heterocycles. The Bertz CT molecular complexity index is 948. The zero-order valence-electron chi connectivity index (χ0n) is 17.2. The highest BCUT2D eigenvalue weighted by molar-refractivity contribution is 5.95. The molecule has 0 fully saturated rings. The maximum Gasteiger partial charge on any atom is 0.338 e. The Balaban J connectivity index is 1.87. The lowest BCUT2D eigenvalue weighted by atomic mass is 9.94. The van der Waals surface area contributed by atoms with Gasteiger partial charge in [-0.1, -0.05) is 25.1 Å². The predicted octanol–water partition coefficient (Wildman–Crippen LogP) is 4.68. The second-order valence-electron chi connectivity index (χ2n) is 6.91. The molecule has 0 radical (unpaired) electrons. The van der Waals surface area contributed by atoms with Gasteiger partial charge in [-0.05, 0) is 68.1 Å². The number of ether oxygens (including phenoxy) is 2. The van der Waals surface area contributed by atoms with Crippen LogP contribution >= 0.6 is 0 Å². The molecule has 6 heteroatoms. The number of urea groups is 1. The summed E-state index contributed by atoms with van der Waals surface area (Å²) in [5.41, 5.74) is 4.15. The molecule has 0 aliphatic carbocycles. The Labute approximate surface area is 170 Å². The fourth-order valence-corrected chi connectivity index (χ4v) is 3.24. The summed E-state index contributed by atoms with van der Waals surface area (Å²) in [6.07, 6.45) is 0.520. The Hall–Kier alpha value is -3.28. The number of benzene rings is 2. The molecule has 2 aromatic rings. The number of rotatable bonds is 6. The van der Waals surface area contributed by atoms with Gasteiger partial charge in [-0.25, -0.2) is 9.59 Å². The van der Waals surface area contributed by atoms with Crippen molar-refractivity contribution in [1.82, 2.24) is 10.6 Å². The minimum absolute atomic E-state index is 0.267. The summed E-state index contributed by atoms with van der Waals surface area (Å²) in [6.45, 7) is 8.01. The fraction of sp³-hybridized carbons (Fsp3) is 0.304. The smallest absolute Gasteiger partial charge is 0.338 e. The van der Waals surface area contributed by atoms with Crippen molar-refractivity contribution in [3.8, 4) is 11.5 Å². The number of allylic oxidation sites excluding steroid dienone is 1. The van der Waals surface area contributed by atoms with Crippen LogP contribution in [0.4, 0.5) is 4.79 Å². The number of amides is 2. The normalized spacial score (nSPS) is 16.1. The van der Waals surface area contributed by atoms with Crippen LogP contribution in [0.3, 0.4) is 0 Å². The number of hydrogen-bond donors (Lipinski definition) is 2. The maximum atomic E-state index is 12.5. The van der Waals surface area contributed by atoms with E-state index in [4.69, 9.17) is 9.47 Å². The summed E-state index contributed by atoms with van der Waals surface area (Å²) in [7, 11) is 0. The first kappa shape index (κ1) is 20.5. The first-order chi connectivity index (χ1) is 13.9. The molecule has 0 spiro atoms.